The first kappa shape index (κ1) is 17.0. The van der Waals surface area contributed by atoms with E-state index in [0.717, 1.165) is 33.2 Å². The van der Waals surface area contributed by atoms with Crippen LogP contribution < -0.4 is 5.56 Å². The van der Waals surface area contributed by atoms with Gasteiger partial charge in [0.2, 0.25) is 0 Å². The van der Waals surface area contributed by atoms with Crippen LogP contribution in [0.2, 0.25) is 0 Å². The average molecular weight is 376 g/mol. The van der Waals surface area contributed by atoms with Crippen LogP contribution in [0.25, 0.3) is 38.9 Å². The van der Waals surface area contributed by atoms with Crippen LogP contribution in [0.5, 0.6) is 0 Å². The summed E-state index contributed by atoms with van der Waals surface area (Å²) in [5, 5.41) is 14.6. The Balaban J connectivity index is 1.76. The number of aromatic nitrogens is 3. The van der Waals surface area contributed by atoms with Crippen LogP contribution in [0.15, 0.2) is 77.6 Å². The fourth-order valence-corrected chi connectivity index (χ4v) is 3.75. The molecule has 0 aliphatic carbocycles. The monoisotopic (exact) mass is 376 g/mol. The molecule has 138 valence electrons. The van der Waals surface area contributed by atoms with Crippen molar-refractivity contribution in [3.05, 3.63) is 94.3 Å². The molecule has 29 heavy (non-hydrogen) atoms. The van der Waals surface area contributed by atoms with E-state index in [1.807, 2.05) is 37.3 Å². The smallest absolute Gasteiger partial charge is 0.273 e. The average Bonchev–Trinajstić information content (AvgIpc) is 3.10. The van der Waals surface area contributed by atoms with E-state index in [0.29, 0.717) is 16.9 Å². The van der Waals surface area contributed by atoms with Gasteiger partial charge in [0.15, 0.2) is 5.65 Å². The zero-order chi connectivity index (χ0) is 20.0. The molecule has 5 rings (SSSR count). The number of rotatable bonds is 2. The maximum absolute atomic E-state index is 12.8. The molecular formula is C24H16N4O. The maximum Gasteiger partial charge on any atom is 0.273 e. The van der Waals surface area contributed by atoms with Gasteiger partial charge < -0.3 is 0 Å². The van der Waals surface area contributed by atoms with Gasteiger partial charge in [0.05, 0.1) is 23.0 Å². The third kappa shape index (κ3) is 2.70. The minimum Gasteiger partial charge on any atom is -0.289 e. The number of fused-ring (bicyclic) bond motifs is 2. The number of hydrogen-bond donors (Lipinski definition) is 1. The van der Waals surface area contributed by atoms with Crippen LogP contribution in [0.3, 0.4) is 0 Å². The van der Waals surface area contributed by atoms with Crippen molar-refractivity contribution in [1.82, 2.24) is 14.6 Å². The number of aryl methyl sites for hydroxylation is 1. The van der Waals surface area contributed by atoms with E-state index < -0.39 is 0 Å². The largest absolute Gasteiger partial charge is 0.289 e. The SMILES string of the molecule is Cc1c(-c2cccc3ccccc23)[nH]n2c(=O)cc(-c3cccc(C#N)c3)nc12. The number of aromatic amines is 1. The molecule has 0 unspecified atom stereocenters. The molecule has 0 bridgehead atoms. The van der Waals surface area contributed by atoms with E-state index in [2.05, 4.69) is 29.4 Å². The quantitative estimate of drug-likeness (QED) is 0.486. The number of nitrogens with zero attached hydrogens (tertiary/aromatic N) is 3. The predicted molar refractivity (Wildman–Crippen MR) is 114 cm³/mol. The molecule has 0 saturated carbocycles. The first-order valence-electron chi connectivity index (χ1n) is 9.27. The van der Waals surface area contributed by atoms with Gasteiger partial charge in [-0.25, -0.2) is 9.50 Å². The number of nitriles is 1. The molecule has 0 atom stereocenters. The molecule has 5 heteroatoms. The maximum atomic E-state index is 12.8. The molecule has 1 N–H and O–H groups in total. The lowest BCUT2D eigenvalue weighted by Crippen LogP contribution is -2.14. The fourth-order valence-electron chi connectivity index (χ4n) is 3.75. The standard InChI is InChI=1S/C24H16N4O/c1-15-23(20-11-5-8-17-7-2-3-10-19(17)20)27-28-22(29)13-21(26-24(15)28)18-9-4-6-16(12-18)14-25/h2-13,27H,1H3. The summed E-state index contributed by atoms with van der Waals surface area (Å²) in [6, 6.07) is 25.0. The van der Waals surface area contributed by atoms with E-state index in [1.165, 1.54) is 10.6 Å². The van der Waals surface area contributed by atoms with Crippen molar-refractivity contribution in [2.45, 2.75) is 6.92 Å². The lowest BCUT2D eigenvalue weighted by molar-refractivity contribution is 0.905. The molecule has 0 radical (unpaired) electrons. The zero-order valence-corrected chi connectivity index (χ0v) is 15.7. The molecule has 0 fully saturated rings. The van der Waals surface area contributed by atoms with Gasteiger partial charge in [0.1, 0.15) is 0 Å². The summed E-state index contributed by atoms with van der Waals surface area (Å²) in [4.78, 5) is 17.5. The fraction of sp³-hybridized carbons (Fsp3) is 0.0417. The Morgan fingerprint density at radius 2 is 1.79 bits per heavy atom. The highest BCUT2D eigenvalue weighted by molar-refractivity contribution is 5.97. The summed E-state index contributed by atoms with van der Waals surface area (Å²) in [5.74, 6) is 0. The van der Waals surface area contributed by atoms with Gasteiger partial charge in [-0.2, -0.15) is 5.26 Å². The first-order chi connectivity index (χ1) is 14.2. The third-order valence-corrected chi connectivity index (χ3v) is 5.20. The number of H-pyrrole nitrogens is 1. The number of benzene rings is 3. The Labute approximate surface area is 166 Å². The molecule has 5 aromatic rings. The van der Waals surface area contributed by atoms with Crippen molar-refractivity contribution < 1.29 is 0 Å². The molecule has 3 aromatic carbocycles. The van der Waals surface area contributed by atoms with Gasteiger partial charge in [0, 0.05) is 22.8 Å². The molecule has 0 saturated heterocycles. The normalized spacial score (nSPS) is 11.0. The van der Waals surface area contributed by atoms with Gasteiger partial charge in [-0.3, -0.25) is 9.89 Å². The van der Waals surface area contributed by atoms with E-state index in [4.69, 9.17) is 10.2 Å². The predicted octanol–water partition coefficient (Wildman–Crippen LogP) is 4.69. The summed E-state index contributed by atoms with van der Waals surface area (Å²) in [7, 11) is 0. The van der Waals surface area contributed by atoms with Crippen molar-refractivity contribution in [1.29, 1.82) is 5.26 Å². The molecular weight excluding hydrogens is 360 g/mol. The Hall–Kier alpha value is -4.17. The Morgan fingerprint density at radius 1 is 1.00 bits per heavy atom. The van der Waals surface area contributed by atoms with Crippen molar-refractivity contribution >= 4 is 16.4 Å². The van der Waals surface area contributed by atoms with Gasteiger partial charge in [-0.15, -0.1) is 0 Å². The molecule has 0 aliphatic heterocycles. The summed E-state index contributed by atoms with van der Waals surface area (Å²) in [6.45, 7) is 1.96. The molecule has 2 heterocycles. The minimum absolute atomic E-state index is 0.193. The summed E-state index contributed by atoms with van der Waals surface area (Å²) in [6.07, 6.45) is 0. The van der Waals surface area contributed by atoms with E-state index >= 15 is 0 Å². The zero-order valence-electron chi connectivity index (χ0n) is 15.7. The minimum atomic E-state index is -0.193. The lowest BCUT2D eigenvalue weighted by atomic mass is 10.0. The summed E-state index contributed by atoms with van der Waals surface area (Å²) >= 11 is 0. The second-order valence-electron chi connectivity index (χ2n) is 6.97. The number of hydrogen-bond acceptors (Lipinski definition) is 3. The second-order valence-corrected chi connectivity index (χ2v) is 6.97. The van der Waals surface area contributed by atoms with Gasteiger partial charge >= 0.3 is 0 Å². The molecule has 0 aliphatic rings. The van der Waals surface area contributed by atoms with E-state index in [1.54, 1.807) is 18.2 Å². The Kier molecular flexibility index (Phi) is 3.78. The van der Waals surface area contributed by atoms with Crippen molar-refractivity contribution in [3.8, 4) is 28.6 Å². The topological polar surface area (TPSA) is 73.9 Å². The van der Waals surface area contributed by atoms with Gasteiger partial charge in [-0.05, 0) is 29.8 Å². The van der Waals surface area contributed by atoms with Gasteiger partial charge in [0.25, 0.3) is 5.56 Å². The van der Waals surface area contributed by atoms with Crippen LogP contribution in [-0.2, 0) is 0 Å². The Bertz CT molecular complexity index is 1500. The second kappa shape index (κ2) is 6.47. The highest BCUT2D eigenvalue weighted by Crippen LogP contribution is 2.31. The first-order valence-corrected chi connectivity index (χ1v) is 9.27. The van der Waals surface area contributed by atoms with Crippen molar-refractivity contribution in [2.75, 3.05) is 0 Å². The highest BCUT2D eigenvalue weighted by Gasteiger charge is 2.16. The lowest BCUT2D eigenvalue weighted by Gasteiger charge is -2.05. The van der Waals surface area contributed by atoms with Crippen LogP contribution in [0, 0.1) is 18.3 Å². The van der Waals surface area contributed by atoms with Crippen LogP contribution in [-0.4, -0.2) is 14.6 Å². The van der Waals surface area contributed by atoms with Crippen molar-refractivity contribution in [2.24, 2.45) is 0 Å². The van der Waals surface area contributed by atoms with Crippen LogP contribution in [0.4, 0.5) is 0 Å². The number of nitrogens with one attached hydrogen (secondary N) is 1. The highest BCUT2D eigenvalue weighted by atomic mass is 16.1. The molecule has 0 amide bonds. The summed E-state index contributed by atoms with van der Waals surface area (Å²) < 4.78 is 1.48. The molecule has 5 nitrogen and oxygen atoms in total. The van der Waals surface area contributed by atoms with Gasteiger partial charge in [-0.1, -0.05) is 54.6 Å². The van der Waals surface area contributed by atoms with Crippen LogP contribution in [0.1, 0.15) is 11.1 Å². The molecule has 0 spiro atoms. The van der Waals surface area contributed by atoms with Crippen LogP contribution >= 0.6 is 0 Å². The Morgan fingerprint density at radius 3 is 2.66 bits per heavy atom. The van der Waals surface area contributed by atoms with E-state index in [-0.39, 0.29) is 5.56 Å². The molecule has 2 aromatic heterocycles. The van der Waals surface area contributed by atoms with Crippen molar-refractivity contribution in [3.63, 3.8) is 0 Å². The summed E-state index contributed by atoms with van der Waals surface area (Å²) in [5.41, 5.74) is 5.02. The third-order valence-electron chi connectivity index (χ3n) is 5.20. The van der Waals surface area contributed by atoms with E-state index in [9.17, 15) is 4.79 Å².